The molecule has 27 heavy (non-hydrogen) atoms. The Morgan fingerprint density at radius 3 is 2.37 bits per heavy atom. The van der Waals surface area contributed by atoms with Gasteiger partial charge < -0.3 is 14.2 Å². The molecule has 7 nitrogen and oxygen atoms in total. The van der Waals surface area contributed by atoms with E-state index in [0.717, 1.165) is 16.2 Å². The van der Waals surface area contributed by atoms with E-state index in [1.54, 1.807) is 29.2 Å². The maximum atomic E-state index is 13.0. The Labute approximate surface area is 158 Å². The van der Waals surface area contributed by atoms with Crippen LogP contribution in [0.4, 0.5) is 10.1 Å². The fourth-order valence-electron chi connectivity index (χ4n) is 2.98. The van der Waals surface area contributed by atoms with E-state index >= 15 is 0 Å². The minimum atomic E-state index is -3.55. The predicted molar refractivity (Wildman–Crippen MR) is 99.2 cm³/mol. The Hall–Kier alpha value is -2.39. The first-order valence-corrected chi connectivity index (χ1v) is 10.4. The number of benzene rings is 1. The molecule has 1 fully saturated rings. The van der Waals surface area contributed by atoms with Crippen molar-refractivity contribution in [2.75, 3.05) is 43.9 Å². The predicted octanol–water partition coefficient (Wildman–Crippen LogP) is 1.53. The molecule has 0 bridgehead atoms. The maximum Gasteiger partial charge on any atom is 0.238 e. The Kier molecular flexibility index (Phi) is 5.81. The summed E-state index contributed by atoms with van der Waals surface area (Å²) in [6, 6.07) is 9.58. The number of amides is 1. The van der Waals surface area contributed by atoms with Crippen LogP contribution >= 0.6 is 0 Å². The van der Waals surface area contributed by atoms with Gasteiger partial charge in [0.25, 0.3) is 0 Å². The number of halogens is 1. The highest BCUT2D eigenvalue weighted by molar-refractivity contribution is 7.88. The summed E-state index contributed by atoms with van der Waals surface area (Å²) in [4.78, 5) is 16.3. The SMILES string of the molecule is CS(=O)(=O)N(CC(=O)N1CCN(c2ccc(F)cc2)CC1)Cc1ccco1. The molecule has 2 heterocycles. The zero-order chi connectivity index (χ0) is 19.4. The fourth-order valence-corrected chi connectivity index (χ4v) is 3.69. The average molecular weight is 395 g/mol. The van der Waals surface area contributed by atoms with Crippen LogP contribution in [0.1, 0.15) is 5.76 Å². The van der Waals surface area contributed by atoms with E-state index < -0.39 is 10.0 Å². The molecule has 1 aromatic heterocycles. The topological polar surface area (TPSA) is 74.1 Å². The van der Waals surface area contributed by atoms with E-state index in [4.69, 9.17) is 4.42 Å². The molecule has 1 saturated heterocycles. The summed E-state index contributed by atoms with van der Waals surface area (Å²) in [6.07, 6.45) is 2.54. The van der Waals surface area contributed by atoms with Gasteiger partial charge in [0.05, 0.1) is 25.6 Å². The second-order valence-corrected chi connectivity index (χ2v) is 8.44. The first-order chi connectivity index (χ1) is 12.8. The number of sulfonamides is 1. The van der Waals surface area contributed by atoms with Crippen molar-refractivity contribution in [2.24, 2.45) is 0 Å². The van der Waals surface area contributed by atoms with Gasteiger partial charge >= 0.3 is 0 Å². The normalized spacial score (nSPS) is 15.4. The van der Waals surface area contributed by atoms with Gasteiger partial charge in [0.15, 0.2) is 0 Å². The van der Waals surface area contributed by atoms with Gasteiger partial charge in [0, 0.05) is 31.9 Å². The summed E-state index contributed by atoms with van der Waals surface area (Å²) in [7, 11) is -3.55. The van der Waals surface area contributed by atoms with Gasteiger partial charge in [0.1, 0.15) is 11.6 Å². The largest absolute Gasteiger partial charge is 0.468 e. The summed E-state index contributed by atoms with van der Waals surface area (Å²) in [5.74, 6) is -0.0509. The third-order valence-corrected chi connectivity index (χ3v) is 5.71. The minimum absolute atomic E-state index is 0.0210. The Bertz CT molecular complexity index is 861. The molecule has 0 aliphatic carbocycles. The molecule has 0 saturated carbocycles. The number of furan rings is 1. The zero-order valence-corrected chi connectivity index (χ0v) is 15.9. The highest BCUT2D eigenvalue weighted by atomic mass is 32.2. The van der Waals surface area contributed by atoms with Crippen LogP contribution in [0.25, 0.3) is 0 Å². The standard InChI is InChI=1S/C18H22FN3O4S/c1-27(24,25)22(13-17-3-2-12-26-17)14-18(23)21-10-8-20(9-11-21)16-6-4-15(19)5-7-16/h2-7,12H,8-11,13-14H2,1H3. The molecule has 0 N–H and O–H groups in total. The van der Waals surface area contributed by atoms with E-state index in [0.29, 0.717) is 31.9 Å². The molecule has 0 spiro atoms. The quantitative estimate of drug-likeness (QED) is 0.742. The Balaban J connectivity index is 1.58. The van der Waals surface area contributed by atoms with Gasteiger partial charge in [-0.15, -0.1) is 0 Å². The molecule has 0 radical (unpaired) electrons. The van der Waals surface area contributed by atoms with E-state index in [1.807, 2.05) is 0 Å². The van der Waals surface area contributed by atoms with Gasteiger partial charge in [-0.2, -0.15) is 4.31 Å². The highest BCUT2D eigenvalue weighted by Gasteiger charge is 2.27. The molecule has 9 heteroatoms. The van der Waals surface area contributed by atoms with Crippen molar-refractivity contribution < 1.29 is 22.0 Å². The molecular formula is C18H22FN3O4S. The monoisotopic (exact) mass is 395 g/mol. The third kappa shape index (κ3) is 5.08. The van der Waals surface area contributed by atoms with Crippen LogP contribution in [0.15, 0.2) is 47.1 Å². The lowest BCUT2D eigenvalue weighted by Gasteiger charge is -2.36. The first-order valence-electron chi connectivity index (χ1n) is 8.59. The van der Waals surface area contributed by atoms with Crippen molar-refractivity contribution in [2.45, 2.75) is 6.54 Å². The van der Waals surface area contributed by atoms with Crippen molar-refractivity contribution in [1.29, 1.82) is 0 Å². The van der Waals surface area contributed by atoms with Crippen LogP contribution in [0.3, 0.4) is 0 Å². The lowest BCUT2D eigenvalue weighted by Crippen LogP contribution is -2.51. The molecule has 1 aliphatic rings. The van der Waals surface area contributed by atoms with Crippen LogP contribution < -0.4 is 4.90 Å². The lowest BCUT2D eigenvalue weighted by molar-refractivity contribution is -0.131. The molecular weight excluding hydrogens is 373 g/mol. The molecule has 0 unspecified atom stereocenters. The number of anilines is 1. The molecule has 2 aromatic rings. The van der Waals surface area contributed by atoms with Crippen LogP contribution in [0.5, 0.6) is 0 Å². The second kappa shape index (κ2) is 8.10. The van der Waals surface area contributed by atoms with E-state index in [1.165, 1.54) is 18.4 Å². The van der Waals surface area contributed by atoms with Crippen molar-refractivity contribution in [1.82, 2.24) is 9.21 Å². The van der Waals surface area contributed by atoms with Crippen molar-refractivity contribution >= 4 is 21.6 Å². The van der Waals surface area contributed by atoms with E-state index in [-0.39, 0.29) is 24.8 Å². The number of rotatable bonds is 6. The maximum absolute atomic E-state index is 13.0. The number of carbonyl (C=O) groups excluding carboxylic acids is 1. The van der Waals surface area contributed by atoms with Crippen LogP contribution in [0, 0.1) is 5.82 Å². The summed E-state index contributed by atoms with van der Waals surface area (Å²) in [5, 5.41) is 0. The first kappa shape index (κ1) is 19.4. The zero-order valence-electron chi connectivity index (χ0n) is 15.0. The smallest absolute Gasteiger partial charge is 0.238 e. The lowest BCUT2D eigenvalue weighted by atomic mass is 10.2. The molecule has 0 atom stereocenters. The van der Waals surface area contributed by atoms with E-state index in [2.05, 4.69) is 4.90 Å². The van der Waals surface area contributed by atoms with Crippen molar-refractivity contribution in [3.8, 4) is 0 Å². The van der Waals surface area contributed by atoms with Crippen molar-refractivity contribution in [3.05, 3.63) is 54.2 Å². The number of hydrogen-bond donors (Lipinski definition) is 0. The highest BCUT2D eigenvalue weighted by Crippen LogP contribution is 2.17. The number of piperazine rings is 1. The number of nitrogens with zero attached hydrogens (tertiary/aromatic N) is 3. The van der Waals surface area contributed by atoms with Gasteiger partial charge in [-0.25, -0.2) is 12.8 Å². The molecule has 1 amide bonds. The van der Waals surface area contributed by atoms with Crippen molar-refractivity contribution in [3.63, 3.8) is 0 Å². The summed E-state index contributed by atoms with van der Waals surface area (Å²) in [5.41, 5.74) is 0.902. The molecule has 1 aliphatic heterocycles. The van der Waals surface area contributed by atoms with Crippen LogP contribution in [-0.2, 0) is 21.4 Å². The third-order valence-electron chi connectivity index (χ3n) is 4.52. The van der Waals surface area contributed by atoms with Crippen LogP contribution in [0.2, 0.25) is 0 Å². The van der Waals surface area contributed by atoms with Crippen LogP contribution in [-0.4, -0.2) is 62.5 Å². The Morgan fingerprint density at radius 2 is 1.81 bits per heavy atom. The average Bonchev–Trinajstić information content (AvgIpc) is 3.14. The molecule has 3 rings (SSSR count). The van der Waals surface area contributed by atoms with Gasteiger partial charge in [-0.1, -0.05) is 0 Å². The van der Waals surface area contributed by atoms with Gasteiger partial charge in [-0.3, -0.25) is 4.79 Å². The summed E-state index contributed by atoms with van der Waals surface area (Å²) < 4.78 is 43.4. The Morgan fingerprint density at radius 1 is 1.15 bits per heavy atom. The minimum Gasteiger partial charge on any atom is -0.468 e. The summed E-state index contributed by atoms with van der Waals surface area (Å²) in [6.45, 7) is 1.97. The number of carbonyl (C=O) groups is 1. The number of hydrogen-bond acceptors (Lipinski definition) is 5. The molecule has 1 aromatic carbocycles. The van der Waals surface area contributed by atoms with Gasteiger partial charge in [-0.05, 0) is 36.4 Å². The second-order valence-electron chi connectivity index (χ2n) is 6.45. The fraction of sp³-hybridized carbons (Fsp3) is 0.389. The molecule has 146 valence electrons. The van der Waals surface area contributed by atoms with E-state index in [9.17, 15) is 17.6 Å². The summed E-state index contributed by atoms with van der Waals surface area (Å²) >= 11 is 0. The van der Waals surface area contributed by atoms with Gasteiger partial charge in [0.2, 0.25) is 15.9 Å².